The number of nitrogens with two attached hydrogens (primary N) is 1. The maximum Gasteiger partial charge on any atom is 0.327 e. The summed E-state index contributed by atoms with van der Waals surface area (Å²) < 4.78 is 1.75. The monoisotopic (exact) mass is 219 g/mol. The van der Waals surface area contributed by atoms with Gasteiger partial charge < -0.3 is 10.7 Å². The van der Waals surface area contributed by atoms with E-state index in [4.69, 9.17) is 5.73 Å². The summed E-state index contributed by atoms with van der Waals surface area (Å²) in [5.74, 6) is 0. The maximum atomic E-state index is 11.9. The Balaban J connectivity index is 2.89. The molecule has 1 aromatic heterocycles. The van der Waals surface area contributed by atoms with E-state index < -0.39 is 0 Å². The van der Waals surface area contributed by atoms with Gasteiger partial charge in [-0.1, -0.05) is 12.1 Å². The molecule has 0 saturated heterocycles. The summed E-state index contributed by atoms with van der Waals surface area (Å²) in [5, 5.41) is 0. The van der Waals surface area contributed by atoms with Gasteiger partial charge in [0.1, 0.15) is 0 Å². The first-order valence-corrected chi connectivity index (χ1v) is 5.38. The molecule has 4 nitrogen and oxygen atoms in total. The van der Waals surface area contributed by atoms with Crippen molar-refractivity contribution in [1.29, 1.82) is 0 Å². The molecule has 0 fully saturated rings. The molecule has 16 heavy (non-hydrogen) atoms. The second-order valence-corrected chi connectivity index (χ2v) is 4.75. The van der Waals surface area contributed by atoms with Crippen LogP contribution in [0.2, 0.25) is 0 Å². The van der Waals surface area contributed by atoms with Gasteiger partial charge in [0, 0.05) is 6.54 Å². The number of H-pyrrole nitrogens is 1. The summed E-state index contributed by atoms with van der Waals surface area (Å²) in [7, 11) is 0. The van der Waals surface area contributed by atoms with Gasteiger partial charge >= 0.3 is 5.69 Å². The van der Waals surface area contributed by atoms with Gasteiger partial charge in [0.2, 0.25) is 0 Å². The molecule has 4 heteroatoms. The first-order chi connectivity index (χ1) is 7.47. The van der Waals surface area contributed by atoms with Crippen molar-refractivity contribution in [2.75, 3.05) is 6.54 Å². The van der Waals surface area contributed by atoms with Crippen LogP contribution in [0.3, 0.4) is 0 Å². The highest BCUT2D eigenvalue weighted by Crippen LogP contribution is 2.21. The molecule has 3 N–H and O–H groups in total. The molecule has 1 aromatic carbocycles. The van der Waals surface area contributed by atoms with Gasteiger partial charge in [0.25, 0.3) is 0 Å². The Hall–Kier alpha value is -1.55. The van der Waals surface area contributed by atoms with Crippen LogP contribution in [0.5, 0.6) is 0 Å². The summed E-state index contributed by atoms with van der Waals surface area (Å²) in [6, 6.07) is 5.85. The lowest BCUT2D eigenvalue weighted by molar-refractivity contribution is 0.367. The number of aromatic amines is 1. The van der Waals surface area contributed by atoms with Crippen LogP contribution in [0, 0.1) is 6.92 Å². The largest absolute Gasteiger partial charge is 0.328 e. The molecule has 0 bridgehead atoms. The van der Waals surface area contributed by atoms with Crippen molar-refractivity contribution in [3.8, 4) is 0 Å². The summed E-state index contributed by atoms with van der Waals surface area (Å²) >= 11 is 0. The predicted octanol–water partition coefficient (Wildman–Crippen LogP) is 1.33. The number of nitrogens with one attached hydrogen (secondary N) is 1. The van der Waals surface area contributed by atoms with E-state index >= 15 is 0 Å². The van der Waals surface area contributed by atoms with Crippen LogP contribution in [0.15, 0.2) is 23.0 Å². The van der Waals surface area contributed by atoms with Gasteiger partial charge in [-0.2, -0.15) is 0 Å². The number of benzene rings is 1. The van der Waals surface area contributed by atoms with E-state index in [1.165, 1.54) is 0 Å². The van der Waals surface area contributed by atoms with Crippen LogP contribution < -0.4 is 11.4 Å². The zero-order valence-electron chi connectivity index (χ0n) is 9.87. The normalized spacial score (nSPS) is 12.2. The number of hydrogen-bond acceptors (Lipinski definition) is 2. The van der Waals surface area contributed by atoms with E-state index in [0.29, 0.717) is 6.54 Å². The van der Waals surface area contributed by atoms with E-state index in [1.54, 1.807) is 4.57 Å². The van der Waals surface area contributed by atoms with Crippen LogP contribution in [0.1, 0.15) is 19.4 Å². The molecule has 0 amide bonds. The van der Waals surface area contributed by atoms with Crippen LogP contribution >= 0.6 is 0 Å². The average Bonchev–Trinajstić information content (AvgIpc) is 2.56. The summed E-state index contributed by atoms with van der Waals surface area (Å²) in [4.78, 5) is 14.8. The minimum absolute atomic E-state index is 0.0975. The first kappa shape index (κ1) is 11.0. The van der Waals surface area contributed by atoms with E-state index in [0.717, 1.165) is 16.6 Å². The summed E-state index contributed by atoms with van der Waals surface area (Å²) in [6.45, 7) is 6.36. The highest BCUT2D eigenvalue weighted by Gasteiger charge is 2.23. The molecule has 0 aliphatic heterocycles. The fourth-order valence-electron chi connectivity index (χ4n) is 2.00. The van der Waals surface area contributed by atoms with Crippen LogP contribution in [-0.4, -0.2) is 16.1 Å². The second kappa shape index (κ2) is 3.49. The molecule has 0 aliphatic rings. The smallest absolute Gasteiger partial charge is 0.327 e. The molecule has 2 rings (SSSR count). The molecule has 0 spiro atoms. The fourth-order valence-corrected chi connectivity index (χ4v) is 2.00. The maximum absolute atomic E-state index is 11.9. The minimum atomic E-state index is -0.374. The number of imidazole rings is 1. The summed E-state index contributed by atoms with van der Waals surface area (Å²) in [5.41, 5.74) is 8.16. The SMILES string of the molecule is Cc1cccc2[nH]c(=O)n(C(C)(C)CN)c12. The Morgan fingerprint density at radius 1 is 1.44 bits per heavy atom. The van der Waals surface area contributed by atoms with Crippen molar-refractivity contribution < 1.29 is 0 Å². The predicted molar refractivity (Wildman–Crippen MR) is 65.7 cm³/mol. The third kappa shape index (κ3) is 1.46. The van der Waals surface area contributed by atoms with Crippen molar-refractivity contribution in [2.24, 2.45) is 5.73 Å². The average molecular weight is 219 g/mol. The second-order valence-electron chi connectivity index (χ2n) is 4.75. The number of rotatable bonds is 2. The van der Waals surface area contributed by atoms with E-state index in [1.807, 2.05) is 39.0 Å². The third-order valence-corrected chi connectivity index (χ3v) is 3.01. The Kier molecular flexibility index (Phi) is 2.39. The molecule has 86 valence electrons. The number of hydrogen-bond donors (Lipinski definition) is 2. The molecule has 0 saturated carbocycles. The van der Waals surface area contributed by atoms with Crippen molar-refractivity contribution >= 4 is 11.0 Å². The van der Waals surface area contributed by atoms with E-state index in [9.17, 15) is 4.79 Å². The quantitative estimate of drug-likeness (QED) is 0.800. The highest BCUT2D eigenvalue weighted by atomic mass is 16.1. The van der Waals surface area contributed by atoms with Crippen molar-refractivity contribution in [2.45, 2.75) is 26.3 Å². The minimum Gasteiger partial charge on any atom is -0.328 e. The topological polar surface area (TPSA) is 63.8 Å². The zero-order chi connectivity index (χ0) is 11.9. The lowest BCUT2D eigenvalue weighted by atomic mass is 10.0. The number of para-hydroxylation sites is 1. The highest BCUT2D eigenvalue weighted by molar-refractivity contribution is 5.79. The molecular weight excluding hydrogens is 202 g/mol. The van der Waals surface area contributed by atoms with Gasteiger partial charge in [0.05, 0.1) is 16.6 Å². The lowest BCUT2D eigenvalue weighted by Gasteiger charge is -2.25. The Morgan fingerprint density at radius 3 is 2.75 bits per heavy atom. The fraction of sp³-hybridized carbons (Fsp3) is 0.417. The molecule has 2 aromatic rings. The van der Waals surface area contributed by atoms with Gasteiger partial charge in [-0.3, -0.25) is 4.57 Å². The summed E-state index contributed by atoms with van der Waals surface area (Å²) in [6.07, 6.45) is 0. The lowest BCUT2D eigenvalue weighted by Crippen LogP contribution is -2.40. The van der Waals surface area contributed by atoms with Gasteiger partial charge in [0.15, 0.2) is 0 Å². The van der Waals surface area contributed by atoms with Crippen LogP contribution in [-0.2, 0) is 5.54 Å². The van der Waals surface area contributed by atoms with E-state index in [-0.39, 0.29) is 11.2 Å². The van der Waals surface area contributed by atoms with E-state index in [2.05, 4.69) is 4.98 Å². The number of aromatic nitrogens is 2. The molecule has 0 atom stereocenters. The molecule has 1 heterocycles. The van der Waals surface area contributed by atoms with Gasteiger partial charge in [-0.15, -0.1) is 0 Å². The van der Waals surface area contributed by atoms with Crippen molar-refractivity contribution in [3.05, 3.63) is 34.2 Å². The molecule has 0 unspecified atom stereocenters. The van der Waals surface area contributed by atoms with Gasteiger partial charge in [-0.05, 0) is 32.4 Å². The Labute approximate surface area is 94.1 Å². The number of aryl methyl sites for hydroxylation is 1. The number of nitrogens with zero attached hydrogens (tertiary/aromatic N) is 1. The molecular formula is C12H17N3O. The Bertz CT molecular complexity index is 577. The van der Waals surface area contributed by atoms with Crippen LogP contribution in [0.25, 0.3) is 11.0 Å². The standard InChI is InChI=1S/C12H17N3O/c1-8-5-4-6-9-10(8)15(11(16)14-9)12(2,3)7-13/h4-6H,7,13H2,1-3H3,(H,14,16). The van der Waals surface area contributed by atoms with Crippen LogP contribution in [0.4, 0.5) is 0 Å². The number of fused-ring (bicyclic) bond motifs is 1. The molecule has 0 radical (unpaired) electrons. The van der Waals surface area contributed by atoms with Crippen molar-refractivity contribution in [3.63, 3.8) is 0 Å². The third-order valence-electron chi connectivity index (χ3n) is 3.01. The Morgan fingerprint density at radius 2 is 2.12 bits per heavy atom. The van der Waals surface area contributed by atoms with Crippen molar-refractivity contribution in [1.82, 2.24) is 9.55 Å². The first-order valence-electron chi connectivity index (χ1n) is 5.38. The zero-order valence-corrected chi connectivity index (χ0v) is 9.87. The molecule has 0 aliphatic carbocycles. The van der Waals surface area contributed by atoms with Gasteiger partial charge in [-0.25, -0.2) is 4.79 Å².